The molecule has 2 atom stereocenters. The maximum Gasteiger partial charge on any atom is 0.259 e. The molecule has 0 radical (unpaired) electrons. The molecule has 18 heavy (non-hydrogen) atoms. The minimum absolute atomic E-state index is 0.0468. The van der Waals surface area contributed by atoms with Crippen molar-refractivity contribution in [1.29, 1.82) is 0 Å². The van der Waals surface area contributed by atoms with Gasteiger partial charge in [-0.2, -0.15) is 0 Å². The predicted molar refractivity (Wildman–Crippen MR) is 67.5 cm³/mol. The molecule has 5 heteroatoms. The quantitative estimate of drug-likeness (QED) is 0.847. The Morgan fingerprint density at radius 2 is 2.33 bits per heavy atom. The summed E-state index contributed by atoms with van der Waals surface area (Å²) in [4.78, 5) is 28.3. The molecule has 0 bridgehead atoms. The van der Waals surface area contributed by atoms with Crippen molar-refractivity contribution in [2.75, 3.05) is 20.2 Å². The lowest BCUT2D eigenvalue weighted by Crippen LogP contribution is -2.47. The Morgan fingerprint density at radius 1 is 1.56 bits per heavy atom. The maximum absolute atomic E-state index is 12.2. The monoisotopic (exact) mass is 250 g/mol. The van der Waals surface area contributed by atoms with Crippen molar-refractivity contribution in [1.82, 2.24) is 9.88 Å². The highest BCUT2D eigenvalue weighted by molar-refractivity contribution is 5.93. The van der Waals surface area contributed by atoms with E-state index in [1.54, 1.807) is 12.0 Å². The van der Waals surface area contributed by atoms with Gasteiger partial charge in [0.15, 0.2) is 5.43 Å². The molecular weight excluding hydrogens is 232 g/mol. The number of nitrogens with one attached hydrogen (secondary N) is 1. The number of likely N-dealkylation sites (tertiary alicyclic amines) is 1. The molecule has 5 nitrogen and oxygen atoms in total. The molecule has 98 valence electrons. The molecule has 1 aromatic heterocycles. The van der Waals surface area contributed by atoms with E-state index in [1.807, 2.05) is 0 Å². The van der Waals surface area contributed by atoms with Crippen LogP contribution in [-0.4, -0.2) is 42.1 Å². The van der Waals surface area contributed by atoms with E-state index in [9.17, 15) is 9.59 Å². The SMILES string of the molecule is COC1CN(C(=O)c2c[nH]ccc2=O)CCC1C. The van der Waals surface area contributed by atoms with Crippen LogP contribution in [0, 0.1) is 5.92 Å². The summed E-state index contributed by atoms with van der Waals surface area (Å²) in [5.41, 5.74) is -0.0479. The Kier molecular flexibility index (Phi) is 3.81. The second-order valence-electron chi connectivity index (χ2n) is 4.71. The number of aromatic nitrogens is 1. The number of H-pyrrole nitrogens is 1. The molecule has 2 rings (SSSR count). The van der Waals surface area contributed by atoms with Gasteiger partial charge in [0.2, 0.25) is 0 Å². The summed E-state index contributed by atoms with van der Waals surface area (Å²) in [6, 6.07) is 1.37. The van der Waals surface area contributed by atoms with Gasteiger partial charge in [0, 0.05) is 38.7 Å². The Balaban J connectivity index is 2.15. The van der Waals surface area contributed by atoms with Gasteiger partial charge in [-0.15, -0.1) is 0 Å². The fraction of sp³-hybridized carbons (Fsp3) is 0.538. The second-order valence-corrected chi connectivity index (χ2v) is 4.71. The lowest BCUT2D eigenvalue weighted by atomic mass is 9.95. The van der Waals surface area contributed by atoms with Gasteiger partial charge in [-0.3, -0.25) is 9.59 Å². The number of carbonyl (C=O) groups excluding carboxylic acids is 1. The van der Waals surface area contributed by atoms with Gasteiger partial charge in [-0.1, -0.05) is 6.92 Å². The fourth-order valence-corrected chi connectivity index (χ4v) is 2.28. The number of rotatable bonds is 2. The summed E-state index contributed by atoms with van der Waals surface area (Å²) in [6.45, 7) is 3.34. The first-order valence-corrected chi connectivity index (χ1v) is 6.12. The van der Waals surface area contributed by atoms with Crippen LogP contribution in [0.2, 0.25) is 0 Å². The Hall–Kier alpha value is -1.62. The van der Waals surface area contributed by atoms with Crippen molar-refractivity contribution in [3.05, 3.63) is 34.2 Å². The van der Waals surface area contributed by atoms with Gasteiger partial charge in [0.05, 0.1) is 6.10 Å². The molecule has 0 aliphatic carbocycles. The van der Waals surface area contributed by atoms with E-state index in [-0.39, 0.29) is 23.0 Å². The van der Waals surface area contributed by atoms with Crippen molar-refractivity contribution in [3.63, 3.8) is 0 Å². The molecule has 1 saturated heterocycles. The summed E-state index contributed by atoms with van der Waals surface area (Å²) in [7, 11) is 1.66. The van der Waals surface area contributed by atoms with Crippen LogP contribution < -0.4 is 5.43 Å². The van der Waals surface area contributed by atoms with Gasteiger partial charge >= 0.3 is 0 Å². The van der Waals surface area contributed by atoms with E-state index >= 15 is 0 Å². The third kappa shape index (κ3) is 2.46. The standard InChI is InChI=1S/C13H18N2O3/c1-9-4-6-15(8-12(9)18-2)13(17)10-7-14-5-3-11(10)16/h3,5,7,9,12H,4,6,8H2,1-2H3,(H,14,16). The first-order chi connectivity index (χ1) is 8.63. The predicted octanol–water partition coefficient (Wildman–Crippen LogP) is 0.872. The molecule has 2 heterocycles. The van der Waals surface area contributed by atoms with Crippen LogP contribution in [0.5, 0.6) is 0 Å². The Labute approximate surface area is 106 Å². The van der Waals surface area contributed by atoms with Crippen LogP contribution in [0.25, 0.3) is 0 Å². The number of amides is 1. The van der Waals surface area contributed by atoms with Crippen LogP contribution in [-0.2, 0) is 4.74 Å². The molecule has 2 unspecified atom stereocenters. The van der Waals surface area contributed by atoms with Crippen LogP contribution in [0.15, 0.2) is 23.3 Å². The number of hydrogen-bond donors (Lipinski definition) is 1. The summed E-state index contributed by atoms with van der Waals surface area (Å²) in [5, 5.41) is 0. The number of carbonyl (C=O) groups is 1. The largest absolute Gasteiger partial charge is 0.379 e. The molecular formula is C13H18N2O3. The summed E-state index contributed by atoms with van der Waals surface area (Å²) in [6.07, 6.45) is 3.93. The van der Waals surface area contributed by atoms with E-state index < -0.39 is 0 Å². The number of pyridine rings is 1. The van der Waals surface area contributed by atoms with Crippen molar-refractivity contribution < 1.29 is 9.53 Å². The summed E-state index contributed by atoms with van der Waals surface area (Å²) >= 11 is 0. The third-order valence-corrected chi connectivity index (χ3v) is 3.53. The average Bonchev–Trinajstić information content (AvgIpc) is 2.39. The van der Waals surface area contributed by atoms with Crippen molar-refractivity contribution >= 4 is 5.91 Å². The number of piperidine rings is 1. The molecule has 0 saturated carbocycles. The van der Waals surface area contributed by atoms with Crippen molar-refractivity contribution in [3.8, 4) is 0 Å². The van der Waals surface area contributed by atoms with Crippen LogP contribution in [0.4, 0.5) is 0 Å². The lowest BCUT2D eigenvalue weighted by Gasteiger charge is -2.36. The second kappa shape index (κ2) is 5.35. The van der Waals surface area contributed by atoms with Crippen molar-refractivity contribution in [2.24, 2.45) is 5.92 Å². The van der Waals surface area contributed by atoms with Crippen LogP contribution in [0.3, 0.4) is 0 Å². The summed E-state index contributed by atoms with van der Waals surface area (Å²) < 4.78 is 5.37. The Bertz CT molecular complexity index is 483. The first kappa shape index (κ1) is 12.8. The van der Waals surface area contributed by atoms with E-state index in [0.717, 1.165) is 6.42 Å². The van der Waals surface area contributed by atoms with E-state index in [1.165, 1.54) is 18.5 Å². The normalized spacial score (nSPS) is 24.0. The minimum Gasteiger partial charge on any atom is -0.379 e. The van der Waals surface area contributed by atoms with E-state index in [4.69, 9.17) is 4.74 Å². The van der Waals surface area contributed by atoms with Crippen LogP contribution >= 0.6 is 0 Å². The summed E-state index contributed by atoms with van der Waals surface area (Å²) in [5.74, 6) is 0.221. The highest BCUT2D eigenvalue weighted by Crippen LogP contribution is 2.20. The highest BCUT2D eigenvalue weighted by Gasteiger charge is 2.29. The van der Waals surface area contributed by atoms with Gasteiger partial charge < -0.3 is 14.6 Å². The number of nitrogens with zero attached hydrogens (tertiary/aromatic N) is 1. The molecule has 1 aromatic rings. The van der Waals surface area contributed by atoms with Gasteiger partial charge in [-0.05, 0) is 12.3 Å². The van der Waals surface area contributed by atoms with Gasteiger partial charge in [0.25, 0.3) is 5.91 Å². The molecule has 1 amide bonds. The average molecular weight is 250 g/mol. The third-order valence-electron chi connectivity index (χ3n) is 3.53. The number of aromatic amines is 1. The minimum atomic E-state index is -0.244. The molecule has 0 aromatic carbocycles. The smallest absolute Gasteiger partial charge is 0.259 e. The fourth-order valence-electron chi connectivity index (χ4n) is 2.28. The first-order valence-electron chi connectivity index (χ1n) is 6.12. The zero-order valence-electron chi connectivity index (χ0n) is 10.7. The highest BCUT2D eigenvalue weighted by atomic mass is 16.5. The Morgan fingerprint density at radius 3 is 3.00 bits per heavy atom. The zero-order chi connectivity index (χ0) is 13.1. The number of methoxy groups -OCH3 is 1. The maximum atomic E-state index is 12.2. The van der Waals surface area contributed by atoms with E-state index in [0.29, 0.717) is 19.0 Å². The lowest BCUT2D eigenvalue weighted by molar-refractivity contribution is -0.00162. The molecule has 1 aliphatic heterocycles. The number of ether oxygens (including phenoxy) is 1. The molecule has 1 fully saturated rings. The van der Waals surface area contributed by atoms with Crippen LogP contribution in [0.1, 0.15) is 23.7 Å². The zero-order valence-corrected chi connectivity index (χ0v) is 10.7. The van der Waals surface area contributed by atoms with Gasteiger partial charge in [0.1, 0.15) is 5.56 Å². The molecule has 1 N–H and O–H groups in total. The molecule has 0 spiro atoms. The number of hydrogen-bond acceptors (Lipinski definition) is 3. The topological polar surface area (TPSA) is 62.4 Å². The molecule has 1 aliphatic rings. The van der Waals surface area contributed by atoms with Gasteiger partial charge in [-0.25, -0.2) is 0 Å². The van der Waals surface area contributed by atoms with E-state index in [2.05, 4.69) is 11.9 Å². The van der Waals surface area contributed by atoms with Crippen molar-refractivity contribution in [2.45, 2.75) is 19.4 Å².